The van der Waals surface area contributed by atoms with Crippen LogP contribution >= 0.6 is 0 Å². The highest BCUT2D eigenvalue weighted by atomic mass is 16.5. The molecule has 1 aliphatic heterocycles. The molecule has 1 heterocycles. The second-order valence-electron chi connectivity index (χ2n) is 7.81. The number of nitrogens with two attached hydrogens (primary N) is 2. The van der Waals surface area contributed by atoms with Crippen molar-refractivity contribution >= 4 is 11.7 Å². The Labute approximate surface area is 168 Å². The van der Waals surface area contributed by atoms with Crippen molar-refractivity contribution in [2.24, 2.45) is 16.9 Å². The highest BCUT2D eigenvalue weighted by Gasteiger charge is 2.44. The predicted molar refractivity (Wildman–Crippen MR) is 103 cm³/mol. The minimum Gasteiger partial charge on any atom is -0.493 e. The zero-order valence-electron chi connectivity index (χ0n) is 16.6. The van der Waals surface area contributed by atoms with Gasteiger partial charge in [-0.3, -0.25) is 9.59 Å². The zero-order chi connectivity index (χ0) is 21.3. The second kappa shape index (κ2) is 7.51. The fourth-order valence-electron chi connectivity index (χ4n) is 3.86. The molecule has 4 N–H and O–H groups in total. The van der Waals surface area contributed by atoms with Gasteiger partial charge < -0.3 is 25.7 Å². The number of primary amides is 1. The lowest BCUT2D eigenvalue weighted by atomic mass is 9.70. The van der Waals surface area contributed by atoms with Gasteiger partial charge in [0.05, 0.1) is 18.6 Å². The Morgan fingerprint density at radius 1 is 1.34 bits per heavy atom. The van der Waals surface area contributed by atoms with E-state index >= 15 is 0 Å². The number of amides is 1. The first kappa shape index (κ1) is 20.3. The summed E-state index contributed by atoms with van der Waals surface area (Å²) < 4.78 is 16.4. The van der Waals surface area contributed by atoms with E-state index in [2.05, 4.69) is 0 Å². The molecule has 8 nitrogen and oxygen atoms in total. The molecule has 0 fully saturated rings. The number of Topliss-reactive ketones (excluding diaryl/α,β-unsaturated/α-hetero) is 1. The summed E-state index contributed by atoms with van der Waals surface area (Å²) in [6.07, 6.45) is 0.829. The van der Waals surface area contributed by atoms with Gasteiger partial charge in [-0.05, 0) is 23.1 Å². The van der Waals surface area contributed by atoms with Crippen molar-refractivity contribution in [2.45, 2.75) is 32.6 Å². The number of nitrogens with zero attached hydrogens (tertiary/aromatic N) is 1. The van der Waals surface area contributed by atoms with Crippen molar-refractivity contribution < 1.29 is 23.8 Å². The van der Waals surface area contributed by atoms with Crippen LogP contribution in [0.1, 0.15) is 38.2 Å². The number of methoxy groups -OCH3 is 1. The fourth-order valence-corrected chi connectivity index (χ4v) is 3.86. The molecule has 0 saturated heterocycles. The fraction of sp³-hybridized carbons (Fsp3) is 0.381. The molecule has 29 heavy (non-hydrogen) atoms. The van der Waals surface area contributed by atoms with Gasteiger partial charge in [0.15, 0.2) is 29.8 Å². The van der Waals surface area contributed by atoms with Gasteiger partial charge in [-0.15, -0.1) is 0 Å². The molecular formula is C21H23N3O5. The Morgan fingerprint density at radius 2 is 2.07 bits per heavy atom. The monoisotopic (exact) mass is 397 g/mol. The lowest BCUT2D eigenvalue weighted by Crippen LogP contribution is -2.36. The Hall–Kier alpha value is -3.47. The van der Waals surface area contributed by atoms with Crippen LogP contribution in [0.25, 0.3) is 0 Å². The number of hydrogen-bond acceptors (Lipinski definition) is 7. The van der Waals surface area contributed by atoms with Gasteiger partial charge in [0.2, 0.25) is 0 Å². The number of ether oxygens (including phenoxy) is 3. The van der Waals surface area contributed by atoms with Crippen molar-refractivity contribution in [3.8, 4) is 17.6 Å². The molecule has 1 aromatic carbocycles. The third kappa shape index (κ3) is 3.76. The molecule has 0 saturated carbocycles. The van der Waals surface area contributed by atoms with Gasteiger partial charge in [-0.25, -0.2) is 0 Å². The SMILES string of the molecule is COc1cc(C2C(C(N)=O)=C(N)OC3=C2C(=O)CC(C)(C)C3)ccc1OCC#N. The molecular weight excluding hydrogens is 374 g/mol. The van der Waals surface area contributed by atoms with Crippen LogP contribution in [0.15, 0.2) is 41.0 Å². The number of hydrogen-bond donors (Lipinski definition) is 2. The molecule has 2 aliphatic rings. The van der Waals surface area contributed by atoms with Gasteiger partial charge in [0.1, 0.15) is 11.8 Å². The number of ketones is 1. The molecule has 1 unspecified atom stereocenters. The minimum absolute atomic E-state index is 0.0320. The smallest absolute Gasteiger partial charge is 0.250 e. The summed E-state index contributed by atoms with van der Waals surface area (Å²) in [7, 11) is 1.46. The van der Waals surface area contributed by atoms with E-state index in [9.17, 15) is 9.59 Å². The molecule has 8 heteroatoms. The Bertz CT molecular complexity index is 985. The van der Waals surface area contributed by atoms with E-state index in [1.165, 1.54) is 7.11 Å². The van der Waals surface area contributed by atoms with E-state index < -0.39 is 11.8 Å². The Kier molecular flexibility index (Phi) is 5.25. The van der Waals surface area contributed by atoms with Crippen LogP contribution in [0.5, 0.6) is 11.5 Å². The highest BCUT2D eigenvalue weighted by molar-refractivity contribution is 6.04. The van der Waals surface area contributed by atoms with Crippen molar-refractivity contribution in [1.29, 1.82) is 5.26 Å². The van der Waals surface area contributed by atoms with Crippen LogP contribution in [0.3, 0.4) is 0 Å². The van der Waals surface area contributed by atoms with Gasteiger partial charge >= 0.3 is 0 Å². The number of carbonyl (C=O) groups excluding carboxylic acids is 2. The van der Waals surface area contributed by atoms with Crippen molar-refractivity contribution in [3.63, 3.8) is 0 Å². The number of carbonyl (C=O) groups is 2. The summed E-state index contributed by atoms with van der Waals surface area (Å²) in [5, 5.41) is 8.73. The molecule has 1 amide bonds. The summed E-state index contributed by atoms with van der Waals surface area (Å²) in [4.78, 5) is 25.2. The molecule has 0 spiro atoms. The Morgan fingerprint density at radius 3 is 2.69 bits per heavy atom. The Balaban J connectivity index is 2.16. The largest absolute Gasteiger partial charge is 0.493 e. The summed E-state index contributed by atoms with van der Waals surface area (Å²) in [5.74, 6) is -0.557. The molecule has 0 aromatic heterocycles. The average molecular weight is 397 g/mol. The third-order valence-corrected chi connectivity index (χ3v) is 5.03. The van der Waals surface area contributed by atoms with Crippen molar-refractivity contribution in [1.82, 2.24) is 0 Å². The summed E-state index contributed by atoms with van der Waals surface area (Å²) in [5.41, 5.74) is 12.4. The van der Waals surface area contributed by atoms with E-state index in [0.29, 0.717) is 41.2 Å². The number of allylic oxidation sites excluding steroid dienone is 2. The van der Waals surface area contributed by atoms with E-state index in [4.69, 9.17) is 30.9 Å². The summed E-state index contributed by atoms with van der Waals surface area (Å²) >= 11 is 0. The lowest BCUT2D eigenvalue weighted by molar-refractivity contribution is -0.119. The van der Waals surface area contributed by atoms with Crippen LogP contribution in [-0.2, 0) is 14.3 Å². The standard InChI is InChI=1S/C21H23N3O5/c1-21(2)9-12(25)17-15(10-21)29-20(24)18(19(23)26)16(17)11-4-5-13(28-7-6-22)14(8-11)27-3/h4-5,8,16H,7,9-10,24H2,1-3H3,(H2,23,26). The maximum absolute atomic E-state index is 13.0. The molecule has 1 aliphatic carbocycles. The van der Waals surface area contributed by atoms with Crippen LogP contribution in [-0.4, -0.2) is 25.4 Å². The van der Waals surface area contributed by atoms with Crippen LogP contribution in [0.2, 0.25) is 0 Å². The zero-order valence-corrected chi connectivity index (χ0v) is 16.6. The molecule has 0 radical (unpaired) electrons. The first-order chi connectivity index (χ1) is 13.7. The normalized spacial score (nSPS) is 20.5. The third-order valence-electron chi connectivity index (χ3n) is 5.03. The first-order valence-electron chi connectivity index (χ1n) is 9.09. The molecule has 1 aromatic rings. The van der Waals surface area contributed by atoms with E-state index in [-0.39, 0.29) is 29.3 Å². The molecule has 152 valence electrons. The number of rotatable bonds is 5. The molecule has 3 rings (SSSR count). The van der Waals surface area contributed by atoms with E-state index in [1.807, 2.05) is 19.9 Å². The lowest BCUT2D eigenvalue weighted by Gasteiger charge is -2.38. The predicted octanol–water partition coefficient (Wildman–Crippen LogP) is 2.01. The quantitative estimate of drug-likeness (QED) is 0.775. The van der Waals surface area contributed by atoms with Crippen molar-refractivity contribution in [2.75, 3.05) is 13.7 Å². The van der Waals surface area contributed by atoms with Gasteiger partial charge in [0, 0.05) is 18.4 Å². The maximum Gasteiger partial charge on any atom is 0.250 e. The maximum atomic E-state index is 13.0. The average Bonchev–Trinajstić information content (AvgIpc) is 2.63. The number of nitriles is 1. The number of benzene rings is 1. The second-order valence-corrected chi connectivity index (χ2v) is 7.81. The van der Waals surface area contributed by atoms with E-state index in [1.54, 1.807) is 18.2 Å². The van der Waals surface area contributed by atoms with Crippen LogP contribution in [0.4, 0.5) is 0 Å². The first-order valence-corrected chi connectivity index (χ1v) is 9.09. The van der Waals surface area contributed by atoms with E-state index in [0.717, 1.165) is 0 Å². The molecule has 1 atom stereocenters. The topological polar surface area (TPSA) is 138 Å². The van der Waals surface area contributed by atoms with Gasteiger partial charge in [-0.2, -0.15) is 5.26 Å². The van der Waals surface area contributed by atoms with Crippen LogP contribution < -0.4 is 20.9 Å². The summed E-state index contributed by atoms with van der Waals surface area (Å²) in [6.45, 7) is 3.80. The highest BCUT2D eigenvalue weighted by Crippen LogP contribution is 2.48. The molecule has 0 bridgehead atoms. The van der Waals surface area contributed by atoms with Crippen molar-refractivity contribution in [3.05, 3.63) is 46.6 Å². The van der Waals surface area contributed by atoms with Gasteiger partial charge in [-0.1, -0.05) is 19.9 Å². The van der Waals surface area contributed by atoms with Crippen LogP contribution in [0, 0.1) is 16.7 Å². The summed E-state index contributed by atoms with van der Waals surface area (Å²) in [6, 6.07) is 6.85. The minimum atomic E-state index is -0.765. The van der Waals surface area contributed by atoms with Gasteiger partial charge in [0.25, 0.3) is 5.91 Å².